The number of rotatable bonds is 6. The Bertz CT molecular complexity index is 901. The van der Waals surface area contributed by atoms with Gasteiger partial charge in [-0.15, -0.1) is 0 Å². The molecule has 160 valence electrons. The Morgan fingerprint density at radius 1 is 1.10 bits per heavy atom. The molecule has 0 unspecified atom stereocenters. The van der Waals surface area contributed by atoms with E-state index in [1.807, 2.05) is 34.7 Å². The Labute approximate surface area is 174 Å². The number of benzene rings is 1. The lowest BCUT2D eigenvalue weighted by atomic mass is 9.99. The fourth-order valence-corrected chi connectivity index (χ4v) is 5.20. The fourth-order valence-electron chi connectivity index (χ4n) is 4.31. The Morgan fingerprint density at radius 3 is 2.17 bits per heavy atom. The van der Waals surface area contributed by atoms with Gasteiger partial charge in [-0.3, -0.25) is 4.90 Å². The minimum atomic E-state index is -3.89. The van der Waals surface area contributed by atoms with E-state index >= 15 is 0 Å². The maximum absolute atomic E-state index is 12.5. The van der Waals surface area contributed by atoms with Crippen LogP contribution in [0.25, 0.3) is 0 Å². The van der Waals surface area contributed by atoms with E-state index < -0.39 is 21.6 Å². The standard InChI is InChI=1S/C22H33N3O3S/c1-15(2)25(5)22(3,4)12-13-29(27,28)24-21(26)23-20-18-10-6-8-16(18)14-17-9-7-11-19(17)20/h12-15H,6-11H2,1-5H3,(H2,23,24,26)/b13-12+. The lowest BCUT2D eigenvalue weighted by Gasteiger charge is -2.36. The van der Waals surface area contributed by atoms with E-state index in [2.05, 4.69) is 21.0 Å². The van der Waals surface area contributed by atoms with E-state index in [-0.39, 0.29) is 6.04 Å². The number of aryl methyl sites for hydroxylation is 2. The summed E-state index contributed by atoms with van der Waals surface area (Å²) in [5.74, 6) is 0. The predicted octanol–water partition coefficient (Wildman–Crippen LogP) is 3.75. The van der Waals surface area contributed by atoms with Crippen molar-refractivity contribution in [1.29, 1.82) is 0 Å². The molecule has 3 rings (SSSR count). The second-order valence-electron chi connectivity index (χ2n) is 9.00. The van der Waals surface area contributed by atoms with Crippen molar-refractivity contribution < 1.29 is 13.2 Å². The summed E-state index contributed by atoms with van der Waals surface area (Å²) in [6, 6.07) is 1.84. The van der Waals surface area contributed by atoms with Gasteiger partial charge in [0.25, 0.3) is 10.0 Å². The molecule has 7 heteroatoms. The molecule has 0 aliphatic heterocycles. The van der Waals surface area contributed by atoms with Crippen molar-refractivity contribution >= 4 is 21.7 Å². The van der Waals surface area contributed by atoms with Crippen LogP contribution in [0, 0.1) is 0 Å². The zero-order valence-electron chi connectivity index (χ0n) is 18.1. The topological polar surface area (TPSA) is 78.5 Å². The number of likely N-dealkylation sites (N-methyl/N-ethyl adjacent to an activating group) is 1. The molecular weight excluding hydrogens is 386 g/mol. The molecule has 0 fully saturated rings. The van der Waals surface area contributed by atoms with Gasteiger partial charge in [0.1, 0.15) is 0 Å². The van der Waals surface area contributed by atoms with Crippen LogP contribution in [0.4, 0.5) is 10.5 Å². The van der Waals surface area contributed by atoms with E-state index in [1.165, 1.54) is 22.3 Å². The molecule has 2 aliphatic carbocycles. The summed E-state index contributed by atoms with van der Waals surface area (Å²) in [5.41, 5.74) is 5.32. The molecule has 0 bridgehead atoms. The number of fused-ring (bicyclic) bond motifs is 2. The van der Waals surface area contributed by atoms with Gasteiger partial charge < -0.3 is 5.32 Å². The lowest BCUT2D eigenvalue weighted by Crippen LogP contribution is -2.44. The maximum atomic E-state index is 12.5. The van der Waals surface area contributed by atoms with Crippen molar-refractivity contribution in [1.82, 2.24) is 9.62 Å². The summed E-state index contributed by atoms with van der Waals surface area (Å²) in [7, 11) is -1.95. The number of urea groups is 1. The third kappa shape index (κ3) is 4.83. The molecule has 29 heavy (non-hydrogen) atoms. The molecule has 2 amide bonds. The normalized spacial score (nSPS) is 16.5. The first-order valence-electron chi connectivity index (χ1n) is 10.4. The minimum absolute atomic E-state index is 0.260. The lowest BCUT2D eigenvalue weighted by molar-refractivity contribution is 0.161. The first-order chi connectivity index (χ1) is 13.5. The largest absolute Gasteiger partial charge is 0.333 e. The van der Waals surface area contributed by atoms with Gasteiger partial charge in [0, 0.05) is 22.7 Å². The van der Waals surface area contributed by atoms with Crippen molar-refractivity contribution in [2.24, 2.45) is 0 Å². The van der Waals surface area contributed by atoms with Crippen LogP contribution in [0.2, 0.25) is 0 Å². The second-order valence-corrected chi connectivity index (χ2v) is 10.6. The van der Waals surface area contributed by atoms with Gasteiger partial charge >= 0.3 is 6.03 Å². The van der Waals surface area contributed by atoms with Gasteiger partial charge in [-0.05, 0) is 95.5 Å². The van der Waals surface area contributed by atoms with Crippen molar-refractivity contribution in [2.45, 2.75) is 77.8 Å². The summed E-state index contributed by atoms with van der Waals surface area (Å²) < 4.78 is 27.1. The molecule has 0 aromatic heterocycles. The Hall–Kier alpha value is -1.86. The average molecular weight is 420 g/mol. The highest BCUT2D eigenvalue weighted by Crippen LogP contribution is 2.38. The van der Waals surface area contributed by atoms with E-state index in [1.54, 1.807) is 6.08 Å². The van der Waals surface area contributed by atoms with Crippen molar-refractivity contribution in [3.63, 3.8) is 0 Å². The van der Waals surface area contributed by atoms with Crippen LogP contribution < -0.4 is 10.0 Å². The number of nitrogens with one attached hydrogen (secondary N) is 2. The van der Waals surface area contributed by atoms with Crippen LogP contribution in [0.15, 0.2) is 17.6 Å². The molecule has 2 aliphatic rings. The van der Waals surface area contributed by atoms with Crippen LogP contribution >= 0.6 is 0 Å². The van der Waals surface area contributed by atoms with Gasteiger partial charge in [-0.1, -0.05) is 12.1 Å². The van der Waals surface area contributed by atoms with Gasteiger partial charge in [-0.2, -0.15) is 0 Å². The summed E-state index contributed by atoms with van der Waals surface area (Å²) in [6.07, 6.45) is 7.68. The number of nitrogens with zero attached hydrogens (tertiary/aromatic N) is 1. The van der Waals surface area contributed by atoms with Crippen LogP contribution in [-0.4, -0.2) is 38.0 Å². The zero-order valence-corrected chi connectivity index (χ0v) is 18.9. The second kappa shape index (κ2) is 8.11. The van der Waals surface area contributed by atoms with E-state index in [0.29, 0.717) is 0 Å². The Morgan fingerprint density at radius 2 is 1.66 bits per heavy atom. The van der Waals surface area contributed by atoms with Crippen LogP contribution in [0.1, 0.15) is 62.8 Å². The number of anilines is 1. The average Bonchev–Trinajstić information content (AvgIpc) is 3.27. The molecule has 0 spiro atoms. The van der Waals surface area contributed by atoms with E-state index in [0.717, 1.165) is 49.6 Å². The van der Waals surface area contributed by atoms with Crippen LogP contribution in [-0.2, 0) is 35.7 Å². The highest BCUT2D eigenvalue weighted by molar-refractivity contribution is 7.92. The molecule has 1 aromatic rings. The first kappa shape index (κ1) is 21.8. The third-order valence-electron chi connectivity index (χ3n) is 6.29. The molecule has 0 saturated heterocycles. The number of carbonyl (C=O) groups is 1. The highest BCUT2D eigenvalue weighted by Gasteiger charge is 2.26. The smallest absolute Gasteiger partial charge is 0.307 e. The number of hydrogen-bond donors (Lipinski definition) is 2. The number of carbonyl (C=O) groups excluding carboxylic acids is 1. The van der Waals surface area contributed by atoms with Gasteiger partial charge in [-0.25, -0.2) is 17.9 Å². The van der Waals surface area contributed by atoms with Crippen molar-refractivity contribution in [3.05, 3.63) is 39.8 Å². The third-order valence-corrected chi connectivity index (χ3v) is 7.25. The monoisotopic (exact) mass is 419 g/mol. The molecule has 0 saturated carbocycles. The number of sulfonamides is 1. The molecular formula is C22H33N3O3S. The SMILES string of the molecule is CC(C)N(C)C(C)(C)/C=C/S(=O)(=O)NC(=O)Nc1c2c(cc3c1CCC3)CCC2. The van der Waals surface area contributed by atoms with Crippen LogP contribution in [0.5, 0.6) is 0 Å². The predicted molar refractivity (Wildman–Crippen MR) is 118 cm³/mol. The molecule has 0 heterocycles. The molecule has 1 aromatic carbocycles. The zero-order chi connectivity index (χ0) is 21.4. The minimum Gasteiger partial charge on any atom is -0.307 e. The van der Waals surface area contributed by atoms with E-state index in [9.17, 15) is 13.2 Å². The number of amides is 2. The summed E-state index contributed by atoms with van der Waals surface area (Å²) in [4.78, 5) is 14.6. The molecule has 2 N–H and O–H groups in total. The summed E-state index contributed by atoms with van der Waals surface area (Å²) in [5, 5.41) is 3.95. The summed E-state index contributed by atoms with van der Waals surface area (Å²) >= 11 is 0. The molecule has 0 atom stereocenters. The quantitative estimate of drug-likeness (QED) is 0.736. The Kier molecular flexibility index (Phi) is 6.11. The maximum Gasteiger partial charge on any atom is 0.333 e. The Balaban J connectivity index is 1.74. The first-order valence-corrected chi connectivity index (χ1v) is 12.0. The summed E-state index contributed by atoms with van der Waals surface area (Å²) in [6.45, 7) is 7.98. The van der Waals surface area contributed by atoms with E-state index in [4.69, 9.17) is 0 Å². The van der Waals surface area contributed by atoms with Gasteiger partial charge in [0.2, 0.25) is 0 Å². The van der Waals surface area contributed by atoms with Gasteiger partial charge in [0.05, 0.1) is 0 Å². The molecule has 6 nitrogen and oxygen atoms in total. The molecule has 0 radical (unpaired) electrons. The number of hydrogen-bond acceptors (Lipinski definition) is 4. The van der Waals surface area contributed by atoms with Crippen LogP contribution in [0.3, 0.4) is 0 Å². The highest BCUT2D eigenvalue weighted by atomic mass is 32.2. The van der Waals surface area contributed by atoms with Gasteiger partial charge in [0.15, 0.2) is 0 Å². The van der Waals surface area contributed by atoms with Crippen molar-refractivity contribution in [2.75, 3.05) is 12.4 Å². The fraction of sp³-hybridized carbons (Fsp3) is 0.591. The van der Waals surface area contributed by atoms with Crippen molar-refractivity contribution in [3.8, 4) is 0 Å².